The SMILES string of the molecule is Cc1cc(C(N)=S)cc(N2CCCC3CCCC32)n1. The Morgan fingerprint density at radius 1 is 1.32 bits per heavy atom. The molecule has 102 valence electrons. The Labute approximate surface area is 120 Å². The lowest BCUT2D eigenvalue weighted by Crippen LogP contribution is -2.43. The minimum absolute atomic E-state index is 0.465. The van der Waals surface area contributed by atoms with Crippen molar-refractivity contribution in [1.29, 1.82) is 0 Å². The molecule has 0 amide bonds. The lowest BCUT2D eigenvalue weighted by atomic mass is 9.92. The Hall–Kier alpha value is -1.16. The van der Waals surface area contributed by atoms with Crippen molar-refractivity contribution in [3.8, 4) is 0 Å². The third kappa shape index (κ3) is 2.46. The number of fused-ring (bicyclic) bond motifs is 1. The monoisotopic (exact) mass is 275 g/mol. The lowest BCUT2D eigenvalue weighted by Gasteiger charge is -2.39. The number of hydrogen-bond donors (Lipinski definition) is 1. The molecule has 2 aliphatic rings. The van der Waals surface area contributed by atoms with Crippen molar-refractivity contribution < 1.29 is 0 Å². The fraction of sp³-hybridized carbons (Fsp3) is 0.600. The van der Waals surface area contributed by atoms with Crippen molar-refractivity contribution in [2.45, 2.75) is 45.1 Å². The summed E-state index contributed by atoms with van der Waals surface area (Å²) in [6, 6.07) is 4.72. The Kier molecular flexibility index (Phi) is 3.44. The van der Waals surface area contributed by atoms with E-state index in [1.54, 1.807) is 0 Å². The van der Waals surface area contributed by atoms with Crippen LogP contribution in [0.2, 0.25) is 0 Å². The topological polar surface area (TPSA) is 42.1 Å². The normalized spacial score (nSPS) is 26.3. The minimum atomic E-state index is 0.465. The summed E-state index contributed by atoms with van der Waals surface area (Å²) < 4.78 is 0. The van der Waals surface area contributed by atoms with E-state index in [4.69, 9.17) is 22.9 Å². The van der Waals surface area contributed by atoms with Gasteiger partial charge in [0.05, 0.1) is 0 Å². The van der Waals surface area contributed by atoms with Gasteiger partial charge in [-0.25, -0.2) is 4.98 Å². The summed E-state index contributed by atoms with van der Waals surface area (Å²) in [7, 11) is 0. The van der Waals surface area contributed by atoms with Crippen LogP contribution in [0.1, 0.15) is 43.4 Å². The van der Waals surface area contributed by atoms with Gasteiger partial charge in [0.25, 0.3) is 0 Å². The van der Waals surface area contributed by atoms with Gasteiger partial charge in [-0.1, -0.05) is 18.6 Å². The molecule has 1 aromatic rings. The van der Waals surface area contributed by atoms with Gasteiger partial charge >= 0.3 is 0 Å². The Balaban J connectivity index is 1.94. The number of nitrogens with two attached hydrogens (primary N) is 1. The predicted molar refractivity (Wildman–Crippen MR) is 82.6 cm³/mol. The van der Waals surface area contributed by atoms with E-state index in [2.05, 4.69) is 11.0 Å². The second-order valence-electron chi connectivity index (χ2n) is 5.81. The average Bonchev–Trinajstić information content (AvgIpc) is 2.85. The first kappa shape index (κ1) is 12.9. The number of anilines is 1. The maximum Gasteiger partial charge on any atom is 0.129 e. The van der Waals surface area contributed by atoms with Gasteiger partial charge in [-0.15, -0.1) is 0 Å². The van der Waals surface area contributed by atoms with E-state index in [9.17, 15) is 0 Å². The van der Waals surface area contributed by atoms with E-state index in [0.717, 1.165) is 29.5 Å². The Morgan fingerprint density at radius 2 is 2.11 bits per heavy atom. The largest absolute Gasteiger partial charge is 0.389 e. The number of piperidine rings is 1. The zero-order valence-corrected chi connectivity index (χ0v) is 12.2. The van der Waals surface area contributed by atoms with E-state index in [0.29, 0.717) is 11.0 Å². The zero-order valence-electron chi connectivity index (χ0n) is 11.4. The van der Waals surface area contributed by atoms with Crippen molar-refractivity contribution in [3.63, 3.8) is 0 Å². The molecule has 1 aromatic heterocycles. The van der Waals surface area contributed by atoms with Crippen LogP contribution in [0.3, 0.4) is 0 Å². The highest BCUT2D eigenvalue weighted by Crippen LogP contribution is 2.38. The number of nitrogens with zero attached hydrogens (tertiary/aromatic N) is 2. The second kappa shape index (κ2) is 5.08. The molecular weight excluding hydrogens is 254 g/mol. The van der Waals surface area contributed by atoms with Gasteiger partial charge in [0.15, 0.2) is 0 Å². The van der Waals surface area contributed by atoms with Gasteiger partial charge in [-0.3, -0.25) is 0 Å². The van der Waals surface area contributed by atoms with Gasteiger partial charge in [-0.05, 0) is 50.7 Å². The molecule has 2 unspecified atom stereocenters. The Bertz CT molecular complexity index is 500. The first-order valence-corrected chi connectivity index (χ1v) is 7.61. The molecule has 0 spiro atoms. The highest BCUT2D eigenvalue weighted by molar-refractivity contribution is 7.80. The van der Waals surface area contributed by atoms with Gasteiger partial charge in [0, 0.05) is 23.8 Å². The van der Waals surface area contributed by atoms with E-state index in [1.165, 1.54) is 32.1 Å². The lowest BCUT2D eigenvalue weighted by molar-refractivity contribution is 0.360. The van der Waals surface area contributed by atoms with Crippen molar-refractivity contribution in [1.82, 2.24) is 4.98 Å². The van der Waals surface area contributed by atoms with Crippen LogP contribution in [0, 0.1) is 12.8 Å². The highest BCUT2D eigenvalue weighted by atomic mass is 32.1. The summed E-state index contributed by atoms with van der Waals surface area (Å²) in [6.07, 6.45) is 6.71. The zero-order chi connectivity index (χ0) is 13.4. The van der Waals surface area contributed by atoms with Gasteiger partial charge < -0.3 is 10.6 Å². The summed E-state index contributed by atoms with van der Waals surface area (Å²) in [5.41, 5.74) is 7.72. The molecular formula is C15H21N3S. The number of rotatable bonds is 2. The fourth-order valence-electron chi connectivity index (χ4n) is 3.68. The molecule has 2 N–H and O–H groups in total. The molecule has 0 radical (unpaired) electrons. The molecule has 3 rings (SSSR count). The maximum atomic E-state index is 5.77. The molecule has 4 heteroatoms. The molecule has 0 bridgehead atoms. The molecule has 0 aromatic carbocycles. The van der Waals surface area contributed by atoms with Crippen LogP contribution in [0.25, 0.3) is 0 Å². The number of aromatic nitrogens is 1. The van der Waals surface area contributed by atoms with Crippen LogP contribution >= 0.6 is 12.2 Å². The first-order chi connectivity index (χ1) is 9.15. The van der Waals surface area contributed by atoms with E-state index >= 15 is 0 Å². The van der Waals surface area contributed by atoms with Gasteiger partial charge in [0.2, 0.25) is 0 Å². The number of hydrogen-bond acceptors (Lipinski definition) is 3. The summed E-state index contributed by atoms with van der Waals surface area (Å²) in [4.78, 5) is 7.67. The quantitative estimate of drug-likeness (QED) is 0.843. The standard InChI is InChI=1S/C15H21N3S/c1-10-8-12(15(16)19)9-14(17-10)18-7-3-5-11-4-2-6-13(11)18/h8-9,11,13H,2-7H2,1H3,(H2,16,19). The highest BCUT2D eigenvalue weighted by Gasteiger charge is 2.35. The third-order valence-corrected chi connectivity index (χ3v) is 4.75. The van der Waals surface area contributed by atoms with E-state index in [-0.39, 0.29) is 0 Å². The van der Waals surface area contributed by atoms with Crippen molar-refractivity contribution >= 4 is 23.0 Å². The van der Waals surface area contributed by atoms with Crippen LogP contribution in [0.5, 0.6) is 0 Å². The van der Waals surface area contributed by atoms with Crippen LogP contribution in [0.15, 0.2) is 12.1 Å². The average molecular weight is 275 g/mol. The summed E-state index contributed by atoms with van der Waals surface area (Å²) in [5.74, 6) is 1.93. The molecule has 1 saturated heterocycles. The van der Waals surface area contributed by atoms with Gasteiger partial charge in [0.1, 0.15) is 10.8 Å². The smallest absolute Gasteiger partial charge is 0.129 e. The summed E-state index contributed by atoms with van der Waals surface area (Å²) in [6.45, 7) is 3.13. The first-order valence-electron chi connectivity index (χ1n) is 7.20. The molecule has 19 heavy (non-hydrogen) atoms. The minimum Gasteiger partial charge on any atom is -0.389 e. The number of pyridine rings is 1. The number of aryl methyl sites for hydroxylation is 1. The molecule has 3 nitrogen and oxygen atoms in total. The van der Waals surface area contributed by atoms with Crippen LogP contribution in [-0.2, 0) is 0 Å². The van der Waals surface area contributed by atoms with Crippen molar-refractivity contribution in [3.05, 3.63) is 23.4 Å². The van der Waals surface area contributed by atoms with Crippen LogP contribution < -0.4 is 10.6 Å². The molecule has 1 saturated carbocycles. The van der Waals surface area contributed by atoms with E-state index < -0.39 is 0 Å². The van der Waals surface area contributed by atoms with Crippen molar-refractivity contribution in [2.24, 2.45) is 11.7 Å². The number of thiocarbonyl (C=S) groups is 1. The summed E-state index contributed by atoms with van der Waals surface area (Å²) >= 11 is 5.11. The molecule has 2 heterocycles. The second-order valence-corrected chi connectivity index (χ2v) is 6.25. The van der Waals surface area contributed by atoms with Crippen LogP contribution in [-0.4, -0.2) is 22.6 Å². The Morgan fingerprint density at radius 3 is 2.89 bits per heavy atom. The molecule has 1 aliphatic heterocycles. The molecule has 1 aliphatic carbocycles. The fourth-order valence-corrected chi connectivity index (χ4v) is 3.80. The third-order valence-electron chi connectivity index (χ3n) is 4.51. The van der Waals surface area contributed by atoms with Gasteiger partial charge in [-0.2, -0.15) is 0 Å². The molecule has 2 atom stereocenters. The summed E-state index contributed by atoms with van der Waals surface area (Å²) in [5, 5.41) is 0. The maximum absolute atomic E-state index is 5.77. The molecule has 2 fully saturated rings. The van der Waals surface area contributed by atoms with Crippen molar-refractivity contribution in [2.75, 3.05) is 11.4 Å². The van der Waals surface area contributed by atoms with E-state index in [1.807, 2.05) is 13.0 Å². The predicted octanol–water partition coefficient (Wildman–Crippen LogP) is 2.79. The van der Waals surface area contributed by atoms with Crippen LogP contribution in [0.4, 0.5) is 5.82 Å².